The van der Waals surface area contributed by atoms with Gasteiger partial charge < -0.3 is 5.11 Å². The van der Waals surface area contributed by atoms with Crippen LogP contribution < -0.4 is 9.80 Å². The van der Waals surface area contributed by atoms with Crippen LogP contribution in [0.4, 0.5) is 11.4 Å². The van der Waals surface area contributed by atoms with Crippen LogP contribution in [0.5, 0.6) is 5.75 Å². The molecule has 0 spiro atoms. The summed E-state index contributed by atoms with van der Waals surface area (Å²) in [5.41, 5.74) is 1.66. The number of benzene rings is 2. The summed E-state index contributed by atoms with van der Waals surface area (Å²) in [6.07, 6.45) is 0. The molecule has 3 amide bonds. The molecule has 2 aromatic carbocycles. The summed E-state index contributed by atoms with van der Waals surface area (Å²) in [6, 6.07) is 12.9. The van der Waals surface area contributed by atoms with Gasteiger partial charge in [0.15, 0.2) is 4.32 Å². The van der Waals surface area contributed by atoms with E-state index < -0.39 is 17.7 Å². The maximum absolute atomic E-state index is 13.1. The van der Waals surface area contributed by atoms with Crippen molar-refractivity contribution in [3.63, 3.8) is 0 Å². The molecule has 27 heavy (non-hydrogen) atoms. The fraction of sp³-hybridized carbons (Fsp3) is 0.0526. The molecule has 0 aliphatic carbocycles. The first-order valence-electron chi connectivity index (χ1n) is 7.94. The third-order valence-corrected chi connectivity index (χ3v) is 5.62. The van der Waals surface area contributed by atoms with Crippen LogP contribution >= 0.6 is 24.0 Å². The molecule has 2 heterocycles. The summed E-state index contributed by atoms with van der Waals surface area (Å²) >= 11 is 6.37. The Balaban J connectivity index is 1.85. The molecule has 134 valence electrons. The van der Waals surface area contributed by atoms with Gasteiger partial charge in [0.1, 0.15) is 5.75 Å². The van der Waals surface area contributed by atoms with Gasteiger partial charge in [-0.25, -0.2) is 4.90 Å². The average Bonchev–Trinajstić information content (AvgIpc) is 3.08. The predicted molar refractivity (Wildman–Crippen MR) is 107 cm³/mol. The van der Waals surface area contributed by atoms with E-state index in [-0.39, 0.29) is 20.5 Å². The molecule has 1 fully saturated rings. The fourth-order valence-electron chi connectivity index (χ4n) is 3.09. The second-order valence-corrected chi connectivity index (χ2v) is 7.55. The lowest BCUT2D eigenvalue weighted by molar-refractivity contribution is -0.122. The number of phenolic OH excluding ortho intramolecular Hbond substituents is 1. The molecule has 0 aromatic heterocycles. The van der Waals surface area contributed by atoms with Crippen LogP contribution in [0.2, 0.25) is 0 Å². The van der Waals surface area contributed by atoms with E-state index in [1.165, 1.54) is 24.0 Å². The number of anilines is 2. The fourth-order valence-corrected chi connectivity index (χ4v) is 4.46. The Morgan fingerprint density at radius 1 is 1.04 bits per heavy atom. The maximum Gasteiger partial charge on any atom is 0.271 e. The summed E-state index contributed by atoms with van der Waals surface area (Å²) in [4.78, 5) is 40.5. The second kappa shape index (κ2) is 6.33. The van der Waals surface area contributed by atoms with Crippen molar-refractivity contribution in [3.05, 3.63) is 59.0 Å². The van der Waals surface area contributed by atoms with Crippen molar-refractivity contribution in [2.75, 3.05) is 9.80 Å². The molecule has 8 heteroatoms. The highest BCUT2D eigenvalue weighted by Crippen LogP contribution is 2.45. The second-order valence-electron chi connectivity index (χ2n) is 5.91. The zero-order valence-electron chi connectivity index (χ0n) is 14.0. The molecule has 2 aliphatic heterocycles. The highest BCUT2D eigenvalue weighted by atomic mass is 32.2. The van der Waals surface area contributed by atoms with E-state index in [1.54, 1.807) is 36.4 Å². The minimum Gasteiger partial charge on any atom is -0.508 e. The van der Waals surface area contributed by atoms with Gasteiger partial charge in [-0.3, -0.25) is 19.3 Å². The predicted octanol–water partition coefficient (Wildman–Crippen LogP) is 3.06. The number of phenols is 1. The van der Waals surface area contributed by atoms with E-state index in [4.69, 9.17) is 12.2 Å². The number of carbonyl (C=O) groups excluding carboxylic acids is 3. The maximum atomic E-state index is 13.1. The molecule has 0 unspecified atom stereocenters. The average molecular weight is 396 g/mol. The molecule has 1 saturated heterocycles. The van der Waals surface area contributed by atoms with Crippen molar-refractivity contribution in [2.45, 2.75) is 6.92 Å². The van der Waals surface area contributed by atoms with Crippen LogP contribution in [0.25, 0.3) is 5.57 Å². The number of amides is 3. The Bertz CT molecular complexity index is 1060. The summed E-state index contributed by atoms with van der Waals surface area (Å²) in [7, 11) is 0. The van der Waals surface area contributed by atoms with Gasteiger partial charge >= 0.3 is 0 Å². The van der Waals surface area contributed by atoms with Crippen molar-refractivity contribution in [2.24, 2.45) is 0 Å². The number of thiocarbonyl (C=S) groups is 1. The van der Waals surface area contributed by atoms with Crippen LogP contribution in [0.1, 0.15) is 12.5 Å². The molecule has 2 aliphatic rings. The summed E-state index contributed by atoms with van der Waals surface area (Å²) < 4.78 is 0.278. The quantitative estimate of drug-likeness (QED) is 0.590. The number of imide groups is 1. The van der Waals surface area contributed by atoms with Crippen molar-refractivity contribution in [3.8, 4) is 5.75 Å². The van der Waals surface area contributed by atoms with E-state index in [9.17, 15) is 19.5 Å². The van der Waals surface area contributed by atoms with Gasteiger partial charge in [0.2, 0.25) is 5.91 Å². The number of fused-ring (bicyclic) bond motifs is 1. The van der Waals surface area contributed by atoms with Crippen molar-refractivity contribution in [1.82, 2.24) is 0 Å². The van der Waals surface area contributed by atoms with Crippen LogP contribution in [0.3, 0.4) is 0 Å². The molecule has 0 bridgehead atoms. The van der Waals surface area contributed by atoms with Gasteiger partial charge in [-0.05, 0) is 30.3 Å². The molecule has 0 radical (unpaired) electrons. The zero-order chi connectivity index (χ0) is 19.3. The van der Waals surface area contributed by atoms with E-state index in [0.717, 1.165) is 16.7 Å². The molecular formula is C19H12N2O4S2. The monoisotopic (exact) mass is 396 g/mol. The molecule has 4 rings (SSSR count). The standard InChI is InChI=1S/C19H12N2O4S2/c1-10(22)20-14-5-3-2-4-13(14)15(17(20)24)16-18(25)21(19(26)27-16)11-6-8-12(23)9-7-11/h2-9,23H,1H3/b16-15-. The Kier molecular flexibility index (Phi) is 4.09. The Morgan fingerprint density at radius 3 is 2.37 bits per heavy atom. The van der Waals surface area contributed by atoms with Crippen LogP contribution in [0, 0.1) is 0 Å². The van der Waals surface area contributed by atoms with Gasteiger partial charge in [-0.2, -0.15) is 0 Å². The molecule has 1 N–H and O–H groups in total. The van der Waals surface area contributed by atoms with Gasteiger partial charge in [0.25, 0.3) is 11.8 Å². The molecular weight excluding hydrogens is 384 g/mol. The van der Waals surface area contributed by atoms with Gasteiger partial charge in [-0.1, -0.05) is 42.2 Å². The highest BCUT2D eigenvalue weighted by Gasteiger charge is 2.43. The topological polar surface area (TPSA) is 77.9 Å². The Labute approximate surface area is 164 Å². The van der Waals surface area contributed by atoms with E-state index in [0.29, 0.717) is 16.9 Å². The molecule has 0 atom stereocenters. The van der Waals surface area contributed by atoms with Crippen LogP contribution in [-0.4, -0.2) is 27.1 Å². The van der Waals surface area contributed by atoms with Crippen molar-refractivity contribution in [1.29, 1.82) is 0 Å². The zero-order valence-corrected chi connectivity index (χ0v) is 15.6. The third kappa shape index (κ3) is 2.65. The summed E-state index contributed by atoms with van der Waals surface area (Å²) in [6.45, 7) is 1.30. The number of carbonyl (C=O) groups is 3. The van der Waals surface area contributed by atoms with Gasteiger partial charge in [0.05, 0.1) is 21.9 Å². The Hall–Kier alpha value is -2.97. The lowest BCUT2D eigenvalue weighted by Gasteiger charge is -2.14. The minimum absolute atomic E-state index is 0.0690. The molecule has 2 aromatic rings. The first-order valence-corrected chi connectivity index (χ1v) is 9.16. The largest absolute Gasteiger partial charge is 0.508 e. The van der Waals surface area contributed by atoms with Crippen molar-refractivity contribution < 1.29 is 19.5 Å². The van der Waals surface area contributed by atoms with Gasteiger partial charge in [-0.15, -0.1) is 0 Å². The highest BCUT2D eigenvalue weighted by molar-refractivity contribution is 8.27. The molecule has 0 saturated carbocycles. The summed E-state index contributed by atoms with van der Waals surface area (Å²) in [5.74, 6) is -1.31. The number of hydrogen-bond donors (Lipinski definition) is 1. The summed E-state index contributed by atoms with van der Waals surface area (Å²) in [5, 5.41) is 9.45. The number of rotatable bonds is 1. The molecule has 6 nitrogen and oxygen atoms in total. The normalized spacial score (nSPS) is 19.1. The van der Waals surface area contributed by atoms with Crippen molar-refractivity contribution >= 4 is 63.0 Å². The lowest BCUT2D eigenvalue weighted by Crippen LogP contribution is -2.32. The Morgan fingerprint density at radius 2 is 1.70 bits per heavy atom. The number of para-hydroxylation sites is 1. The van der Waals surface area contributed by atoms with Crippen LogP contribution in [-0.2, 0) is 14.4 Å². The number of hydrogen-bond acceptors (Lipinski definition) is 6. The number of aromatic hydroxyl groups is 1. The minimum atomic E-state index is -0.532. The SMILES string of the molecule is CC(=O)N1C(=O)/C(=C2\SC(=S)N(c3ccc(O)cc3)C2=O)c2ccccc21. The van der Waals surface area contributed by atoms with E-state index in [2.05, 4.69) is 0 Å². The van der Waals surface area contributed by atoms with E-state index >= 15 is 0 Å². The smallest absolute Gasteiger partial charge is 0.271 e. The lowest BCUT2D eigenvalue weighted by atomic mass is 10.1. The number of nitrogens with zero attached hydrogens (tertiary/aromatic N) is 2. The van der Waals surface area contributed by atoms with Gasteiger partial charge in [0, 0.05) is 12.5 Å². The third-order valence-electron chi connectivity index (χ3n) is 4.25. The van der Waals surface area contributed by atoms with E-state index in [1.807, 2.05) is 0 Å². The first-order chi connectivity index (χ1) is 12.9. The first kappa shape index (κ1) is 17.4. The van der Waals surface area contributed by atoms with Crippen LogP contribution in [0.15, 0.2) is 53.4 Å². The number of thioether (sulfide) groups is 1.